The molecule has 0 aromatic heterocycles. The van der Waals surface area contributed by atoms with Crippen LogP contribution in [-0.4, -0.2) is 36.5 Å². The van der Waals surface area contributed by atoms with Crippen molar-refractivity contribution >= 4 is 5.91 Å². The molecule has 2 aliphatic heterocycles. The van der Waals surface area contributed by atoms with Gasteiger partial charge in [-0.1, -0.05) is 6.92 Å². The van der Waals surface area contributed by atoms with E-state index in [2.05, 4.69) is 12.2 Å². The van der Waals surface area contributed by atoms with E-state index in [-0.39, 0.29) is 5.92 Å². The lowest BCUT2D eigenvalue weighted by molar-refractivity contribution is -0.135. The minimum atomic E-state index is 0.276. The molecule has 16 heavy (non-hydrogen) atoms. The molecule has 0 radical (unpaired) electrons. The number of hydrogen-bond acceptors (Lipinski definition) is 2. The second-order valence-corrected chi connectivity index (χ2v) is 6.08. The molecule has 2 heterocycles. The van der Waals surface area contributed by atoms with E-state index in [4.69, 9.17) is 0 Å². The van der Waals surface area contributed by atoms with Gasteiger partial charge in [-0.2, -0.15) is 0 Å². The third-order valence-electron chi connectivity index (χ3n) is 4.78. The maximum atomic E-state index is 12.3. The highest BCUT2D eigenvalue weighted by molar-refractivity contribution is 5.80. The predicted octanol–water partition coefficient (Wildman–Crippen LogP) is 1.24. The molecule has 0 aromatic carbocycles. The van der Waals surface area contributed by atoms with Crippen LogP contribution in [0.5, 0.6) is 0 Å². The van der Waals surface area contributed by atoms with Crippen molar-refractivity contribution in [2.75, 3.05) is 13.6 Å². The molecule has 0 aromatic rings. The zero-order chi connectivity index (χ0) is 11.3. The molecule has 3 nitrogen and oxygen atoms in total. The monoisotopic (exact) mass is 222 g/mol. The van der Waals surface area contributed by atoms with Crippen LogP contribution in [0.4, 0.5) is 0 Å². The summed E-state index contributed by atoms with van der Waals surface area (Å²) in [5, 5.41) is 3.54. The summed E-state index contributed by atoms with van der Waals surface area (Å²) in [6.45, 7) is 3.26. The standard InChI is InChI=1S/C13H22N2O/c1-8-5-9(8)7-15(2)13(16)11-6-10-3-4-12(11)14-10/h8-12,14H,3-7H2,1-2H3. The molecule has 1 amide bonds. The molecule has 90 valence electrons. The van der Waals surface area contributed by atoms with Crippen LogP contribution < -0.4 is 5.32 Å². The van der Waals surface area contributed by atoms with Gasteiger partial charge in [0.25, 0.3) is 0 Å². The molecule has 5 unspecified atom stereocenters. The van der Waals surface area contributed by atoms with Crippen molar-refractivity contribution < 1.29 is 4.79 Å². The van der Waals surface area contributed by atoms with Crippen LogP contribution >= 0.6 is 0 Å². The van der Waals surface area contributed by atoms with E-state index in [0.29, 0.717) is 18.0 Å². The molecule has 3 fully saturated rings. The molecule has 2 bridgehead atoms. The van der Waals surface area contributed by atoms with Gasteiger partial charge in [-0.3, -0.25) is 4.79 Å². The maximum Gasteiger partial charge on any atom is 0.227 e. The molecule has 1 aliphatic carbocycles. The number of hydrogen-bond donors (Lipinski definition) is 1. The summed E-state index contributed by atoms with van der Waals surface area (Å²) in [5.41, 5.74) is 0. The fourth-order valence-electron chi connectivity index (χ4n) is 3.48. The van der Waals surface area contributed by atoms with Gasteiger partial charge in [-0.05, 0) is 37.5 Å². The lowest BCUT2D eigenvalue weighted by Gasteiger charge is -2.25. The Morgan fingerprint density at radius 3 is 2.62 bits per heavy atom. The van der Waals surface area contributed by atoms with Gasteiger partial charge in [0.05, 0.1) is 5.92 Å². The Labute approximate surface area is 97.6 Å². The summed E-state index contributed by atoms with van der Waals surface area (Å²) in [4.78, 5) is 14.3. The minimum absolute atomic E-state index is 0.276. The fourth-order valence-corrected chi connectivity index (χ4v) is 3.48. The zero-order valence-electron chi connectivity index (χ0n) is 10.3. The van der Waals surface area contributed by atoms with E-state index >= 15 is 0 Å². The summed E-state index contributed by atoms with van der Waals surface area (Å²) in [6, 6.07) is 1.11. The molecular formula is C13H22N2O. The molecule has 0 spiro atoms. The van der Waals surface area contributed by atoms with Gasteiger partial charge in [0.1, 0.15) is 0 Å². The second-order valence-electron chi connectivity index (χ2n) is 6.08. The SMILES string of the molecule is CC1CC1CN(C)C(=O)C1CC2CCC1N2. The summed E-state index contributed by atoms with van der Waals surface area (Å²) in [7, 11) is 1.99. The fraction of sp³-hybridized carbons (Fsp3) is 0.923. The third kappa shape index (κ3) is 1.75. The van der Waals surface area contributed by atoms with Gasteiger partial charge in [0.2, 0.25) is 5.91 Å². The van der Waals surface area contributed by atoms with Gasteiger partial charge in [0, 0.05) is 25.7 Å². The molecule has 3 heteroatoms. The van der Waals surface area contributed by atoms with Crippen molar-refractivity contribution in [1.82, 2.24) is 10.2 Å². The predicted molar refractivity (Wildman–Crippen MR) is 63.0 cm³/mol. The van der Waals surface area contributed by atoms with E-state index in [1.165, 1.54) is 19.3 Å². The van der Waals surface area contributed by atoms with Crippen LogP contribution in [0.1, 0.15) is 32.6 Å². The highest BCUT2D eigenvalue weighted by Crippen LogP contribution is 2.39. The Balaban J connectivity index is 1.56. The van der Waals surface area contributed by atoms with Crippen molar-refractivity contribution in [1.29, 1.82) is 0 Å². The van der Waals surface area contributed by atoms with E-state index < -0.39 is 0 Å². The number of amides is 1. The van der Waals surface area contributed by atoms with Crippen molar-refractivity contribution in [3.8, 4) is 0 Å². The molecule has 3 rings (SSSR count). The van der Waals surface area contributed by atoms with Gasteiger partial charge in [0.15, 0.2) is 0 Å². The van der Waals surface area contributed by atoms with Crippen molar-refractivity contribution in [3.05, 3.63) is 0 Å². The zero-order valence-corrected chi connectivity index (χ0v) is 10.3. The number of fused-ring (bicyclic) bond motifs is 2. The first-order chi connectivity index (χ1) is 7.65. The number of carbonyl (C=O) groups is 1. The summed E-state index contributed by atoms with van der Waals surface area (Å²) < 4.78 is 0. The number of nitrogens with one attached hydrogen (secondary N) is 1. The lowest BCUT2D eigenvalue weighted by atomic mass is 9.88. The average molecular weight is 222 g/mol. The Morgan fingerprint density at radius 1 is 1.38 bits per heavy atom. The second kappa shape index (κ2) is 3.73. The van der Waals surface area contributed by atoms with Crippen LogP contribution in [0.15, 0.2) is 0 Å². The highest BCUT2D eigenvalue weighted by atomic mass is 16.2. The highest BCUT2D eigenvalue weighted by Gasteiger charge is 2.44. The first kappa shape index (κ1) is 10.6. The van der Waals surface area contributed by atoms with Crippen LogP contribution in [-0.2, 0) is 4.79 Å². The Bertz CT molecular complexity index is 304. The Kier molecular flexibility index (Phi) is 2.46. The van der Waals surface area contributed by atoms with E-state index in [1.54, 1.807) is 0 Å². The summed E-state index contributed by atoms with van der Waals surface area (Å²) in [6.07, 6.45) is 4.87. The van der Waals surface area contributed by atoms with Crippen LogP contribution in [0.25, 0.3) is 0 Å². The molecular weight excluding hydrogens is 200 g/mol. The lowest BCUT2D eigenvalue weighted by Crippen LogP contribution is -2.39. The quantitative estimate of drug-likeness (QED) is 0.779. The largest absolute Gasteiger partial charge is 0.345 e. The first-order valence-corrected chi connectivity index (χ1v) is 6.66. The van der Waals surface area contributed by atoms with Gasteiger partial charge in [-0.15, -0.1) is 0 Å². The number of rotatable bonds is 3. The normalized spacial score (nSPS) is 44.8. The van der Waals surface area contributed by atoms with E-state index in [9.17, 15) is 4.79 Å². The van der Waals surface area contributed by atoms with E-state index in [1.807, 2.05) is 11.9 Å². The maximum absolute atomic E-state index is 12.3. The number of carbonyl (C=O) groups excluding carboxylic acids is 1. The summed E-state index contributed by atoms with van der Waals surface area (Å²) in [5.74, 6) is 2.28. The Morgan fingerprint density at radius 2 is 2.12 bits per heavy atom. The van der Waals surface area contributed by atoms with Crippen molar-refractivity contribution in [3.63, 3.8) is 0 Å². The minimum Gasteiger partial charge on any atom is -0.345 e. The van der Waals surface area contributed by atoms with Gasteiger partial charge in [-0.25, -0.2) is 0 Å². The molecule has 1 saturated carbocycles. The van der Waals surface area contributed by atoms with Gasteiger partial charge < -0.3 is 10.2 Å². The third-order valence-corrected chi connectivity index (χ3v) is 4.78. The van der Waals surface area contributed by atoms with Crippen LogP contribution in [0.2, 0.25) is 0 Å². The molecule has 1 N–H and O–H groups in total. The molecule has 5 atom stereocenters. The topological polar surface area (TPSA) is 32.3 Å². The van der Waals surface area contributed by atoms with Crippen molar-refractivity contribution in [2.24, 2.45) is 17.8 Å². The van der Waals surface area contributed by atoms with Crippen LogP contribution in [0, 0.1) is 17.8 Å². The molecule has 2 saturated heterocycles. The average Bonchev–Trinajstić information content (AvgIpc) is 2.73. The first-order valence-electron chi connectivity index (χ1n) is 6.66. The van der Waals surface area contributed by atoms with Crippen LogP contribution in [0.3, 0.4) is 0 Å². The van der Waals surface area contributed by atoms with Crippen molar-refractivity contribution in [2.45, 2.75) is 44.7 Å². The summed E-state index contributed by atoms with van der Waals surface area (Å²) >= 11 is 0. The smallest absolute Gasteiger partial charge is 0.227 e. The number of nitrogens with zero attached hydrogens (tertiary/aromatic N) is 1. The molecule has 3 aliphatic rings. The van der Waals surface area contributed by atoms with Gasteiger partial charge >= 0.3 is 0 Å². The Hall–Kier alpha value is -0.570. The van der Waals surface area contributed by atoms with E-state index in [0.717, 1.165) is 24.8 Å².